The summed E-state index contributed by atoms with van der Waals surface area (Å²) < 4.78 is 6.91. The first kappa shape index (κ1) is 24.8. The van der Waals surface area contributed by atoms with Gasteiger partial charge in [0.2, 0.25) is 10.9 Å². The second kappa shape index (κ2) is 9.97. The number of ether oxygens (including phenoxy) is 1. The van der Waals surface area contributed by atoms with Gasteiger partial charge in [0.05, 0.1) is 17.9 Å². The number of anilines is 2. The van der Waals surface area contributed by atoms with Crippen LogP contribution in [0, 0.1) is 0 Å². The van der Waals surface area contributed by atoms with Crippen LogP contribution in [0.5, 0.6) is 5.75 Å². The largest absolute Gasteiger partial charge is 0.494 e. The van der Waals surface area contributed by atoms with Crippen molar-refractivity contribution in [2.75, 3.05) is 23.4 Å². The molecule has 6 rings (SSSR count). The number of amides is 2. The van der Waals surface area contributed by atoms with Crippen molar-refractivity contribution in [2.45, 2.75) is 6.92 Å². The molecule has 9 nitrogen and oxygen atoms in total. The van der Waals surface area contributed by atoms with Crippen molar-refractivity contribution >= 4 is 56.7 Å². The Labute approximate surface area is 230 Å². The van der Waals surface area contributed by atoms with Crippen molar-refractivity contribution in [1.29, 1.82) is 0 Å². The Kier molecular flexibility index (Phi) is 6.34. The molecule has 0 saturated heterocycles. The molecule has 0 aliphatic carbocycles. The van der Waals surface area contributed by atoms with Gasteiger partial charge in [0.25, 0.3) is 11.5 Å². The molecular weight excluding hydrogens is 538 g/mol. The second-order valence-electron chi connectivity index (χ2n) is 8.67. The molecule has 0 radical (unpaired) electrons. The lowest BCUT2D eigenvalue weighted by atomic mass is 10.1. The van der Waals surface area contributed by atoms with Crippen molar-refractivity contribution in [2.24, 2.45) is 0 Å². The first-order chi connectivity index (χ1) is 18.9. The van der Waals surface area contributed by atoms with Crippen LogP contribution >= 0.6 is 22.9 Å². The number of aromatic nitrogens is 3. The zero-order valence-corrected chi connectivity index (χ0v) is 22.1. The highest BCUT2D eigenvalue weighted by atomic mass is 35.5. The van der Waals surface area contributed by atoms with Crippen LogP contribution in [0.3, 0.4) is 0 Å². The van der Waals surface area contributed by atoms with Crippen molar-refractivity contribution in [3.05, 3.63) is 98.3 Å². The summed E-state index contributed by atoms with van der Waals surface area (Å²) in [6.07, 6.45) is 0. The van der Waals surface area contributed by atoms with Crippen LogP contribution in [0.1, 0.15) is 12.5 Å². The van der Waals surface area contributed by atoms with Gasteiger partial charge in [0.15, 0.2) is 5.82 Å². The standard InChI is InChI=1S/C28H20ClN5O4S/c1-2-38-19-12-10-16(11-13-19)25-31-28-34(32-25)27(37)24(39-28)23-20-8-3-4-9-21(20)33(26(23)36)15-22(35)30-18-7-5-6-17(29)14-18/h3-14H,2,15H2,1H3,(H,30,35). The third-order valence-electron chi connectivity index (χ3n) is 6.14. The van der Waals surface area contributed by atoms with Gasteiger partial charge in [-0.15, -0.1) is 5.10 Å². The lowest BCUT2D eigenvalue weighted by Gasteiger charge is -2.16. The normalized spacial score (nSPS) is 14.1. The molecule has 0 bridgehead atoms. The van der Waals surface area contributed by atoms with E-state index in [0.717, 1.165) is 22.6 Å². The van der Waals surface area contributed by atoms with Crippen molar-refractivity contribution < 1.29 is 14.3 Å². The molecule has 1 aliphatic heterocycles. The Morgan fingerprint density at radius 3 is 2.59 bits per heavy atom. The number of hydrogen-bond donors (Lipinski definition) is 1. The molecule has 3 heterocycles. The number of carbonyl (C=O) groups is 2. The van der Waals surface area contributed by atoms with E-state index in [1.807, 2.05) is 31.2 Å². The fourth-order valence-corrected chi connectivity index (χ4v) is 5.63. The van der Waals surface area contributed by atoms with Gasteiger partial charge in [-0.3, -0.25) is 19.3 Å². The Bertz CT molecular complexity index is 1870. The van der Waals surface area contributed by atoms with Crippen LogP contribution in [0.25, 0.3) is 21.9 Å². The van der Waals surface area contributed by atoms with E-state index in [4.69, 9.17) is 16.3 Å². The average molecular weight is 558 g/mol. The topological polar surface area (TPSA) is 106 Å². The minimum absolute atomic E-state index is 0.221. The second-order valence-corrected chi connectivity index (χ2v) is 10.1. The summed E-state index contributed by atoms with van der Waals surface area (Å²) in [7, 11) is 0. The lowest BCUT2D eigenvalue weighted by molar-refractivity contribution is -0.118. The monoisotopic (exact) mass is 557 g/mol. The summed E-state index contributed by atoms with van der Waals surface area (Å²) >= 11 is 7.10. The highest BCUT2D eigenvalue weighted by Crippen LogP contribution is 2.35. The molecule has 0 saturated carbocycles. The summed E-state index contributed by atoms with van der Waals surface area (Å²) in [6, 6.07) is 21.1. The van der Waals surface area contributed by atoms with E-state index in [1.165, 1.54) is 9.42 Å². The van der Waals surface area contributed by atoms with Crippen molar-refractivity contribution in [1.82, 2.24) is 14.6 Å². The fourth-order valence-electron chi connectivity index (χ4n) is 4.44. The summed E-state index contributed by atoms with van der Waals surface area (Å²) in [5.41, 5.74) is 2.17. The van der Waals surface area contributed by atoms with Gasteiger partial charge < -0.3 is 10.1 Å². The molecular formula is C28H20ClN5O4S. The number of para-hydroxylation sites is 1. The predicted octanol–water partition coefficient (Wildman–Crippen LogP) is 3.77. The van der Waals surface area contributed by atoms with Gasteiger partial charge in [-0.25, -0.2) is 0 Å². The number of benzene rings is 3. The fraction of sp³-hybridized carbons (Fsp3) is 0.107. The third-order valence-corrected chi connectivity index (χ3v) is 7.41. The summed E-state index contributed by atoms with van der Waals surface area (Å²) in [5, 5.41) is 7.64. The van der Waals surface area contributed by atoms with Crippen LogP contribution in [-0.4, -0.2) is 39.6 Å². The number of fused-ring (bicyclic) bond motifs is 2. The summed E-state index contributed by atoms with van der Waals surface area (Å²) in [5.74, 6) is 0.294. The minimum atomic E-state index is -0.442. The van der Waals surface area contributed by atoms with Gasteiger partial charge in [0, 0.05) is 21.8 Å². The first-order valence-corrected chi connectivity index (χ1v) is 13.3. The zero-order chi connectivity index (χ0) is 27.1. The van der Waals surface area contributed by atoms with E-state index in [2.05, 4.69) is 15.4 Å². The van der Waals surface area contributed by atoms with Crippen LogP contribution < -0.4 is 25.0 Å². The molecule has 1 aliphatic rings. The van der Waals surface area contributed by atoms with Crippen molar-refractivity contribution in [3.63, 3.8) is 0 Å². The SMILES string of the molecule is CCOc1ccc(-c2nc3sc(=C4C(=O)N(CC(=O)Nc5cccc(Cl)c5)c5ccccc54)c(=O)n3n2)cc1. The maximum absolute atomic E-state index is 13.6. The average Bonchev–Trinajstić information content (AvgIpc) is 3.56. The molecule has 3 aromatic carbocycles. The maximum atomic E-state index is 13.6. The van der Waals surface area contributed by atoms with Crippen LogP contribution in [0.2, 0.25) is 5.02 Å². The first-order valence-electron chi connectivity index (χ1n) is 12.1. The predicted molar refractivity (Wildman–Crippen MR) is 150 cm³/mol. The quantitative estimate of drug-likeness (QED) is 0.341. The Morgan fingerprint density at radius 1 is 1.05 bits per heavy atom. The van der Waals surface area contributed by atoms with E-state index in [1.54, 1.807) is 48.5 Å². The molecule has 2 aromatic heterocycles. The lowest BCUT2D eigenvalue weighted by Crippen LogP contribution is -2.37. The van der Waals surface area contributed by atoms with Crippen LogP contribution in [0.15, 0.2) is 77.6 Å². The van der Waals surface area contributed by atoms with Crippen LogP contribution in [-0.2, 0) is 9.59 Å². The number of carbonyl (C=O) groups excluding carboxylic acids is 2. The molecule has 39 heavy (non-hydrogen) atoms. The molecule has 2 amide bonds. The molecule has 5 aromatic rings. The third kappa shape index (κ3) is 4.53. The van der Waals surface area contributed by atoms with Gasteiger partial charge in [0.1, 0.15) is 16.8 Å². The molecule has 0 atom stereocenters. The van der Waals surface area contributed by atoms with Gasteiger partial charge in [-0.05, 0) is 55.5 Å². The molecule has 11 heteroatoms. The minimum Gasteiger partial charge on any atom is -0.494 e. The van der Waals surface area contributed by atoms with Gasteiger partial charge >= 0.3 is 0 Å². The summed E-state index contributed by atoms with van der Waals surface area (Å²) in [6.45, 7) is 2.24. The summed E-state index contributed by atoms with van der Waals surface area (Å²) in [4.78, 5) is 46.1. The number of hydrogen-bond acceptors (Lipinski definition) is 7. The molecule has 194 valence electrons. The van der Waals surface area contributed by atoms with Gasteiger partial charge in [-0.2, -0.15) is 9.50 Å². The van der Waals surface area contributed by atoms with E-state index < -0.39 is 17.4 Å². The molecule has 0 unspecified atom stereocenters. The van der Waals surface area contributed by atoms with Gasteiger partial charge in [-0.1, -0.05) is 47.2 Å². The Morgan fingerprint density at radius 2 is 1.85 bits per heavy atom. The highest BCUT2D eigenvalue weighted by Gasteiger charge is 2.35. The highest BCUT2D eigenvalue weighted by molar-refractivity contribution is 7.15. The molecule has 0 fully saturated rings. The molecule has 0 spiro atoms. The number of rotatable bonds is 6. The van der Waals surface area contributed by atoms with E-state index in [0.29, 0.717) is 39.4 Å². The number of thiazole rings is 1. The van der Waals surface area contributed by atoms with Crippen molar-refractivity contribution in [3.8, 4) is 17.1 Å². The Hall–Kier alpha value is -4.54. The van der Waals surface area contributed by atoms with E-state index in [-0.39, 0.29) is 16.7 Å². The maximum Gasteiger partial charge on any atom is 0.291 e. The van der Waals surface area contributed by atoms with Crippen LogP contribution in [0.4, 0.5) is 11.4 Å². The number of nitrogens with one attached hydrogen (secondary N) is 1. The number of halogens is 1. The molecule has 1 N–H and O–H groups in total. The smallest absolute Gasteiger partial charge is 0.291 e. The van der Waals surface area contributed by atoms with E-state index >= 15 is 0 Å². The number of nitrogens with zero attached hydrogens (tertiary/aromatic N) is 4. The zero-order valence-electron chi connectivity index (χ0n) is 20.6. The van der Waals surface area contributed by atoms with E-state index in [9.17, 15) is 14.4 Å². The Balaban J connectivity index is 1.35.